The summed E-state index contributed by atoms with van der Waals surface area (Å²) in [6.45, 7) is 6.53. The topological polar surface area (TPSA) is 101 Å². The van der Waals surface area contributed by atoms with Crippen molar-refractivity contribution in [2.45, 2.75) is 32.1 Å². The number of aromatic amines is 1. The number of H-pyrrole nitrogens is 1. The Morgan fingerprint density at radius 3 is 2.65 bits per heavy atom. The zero-order valence-corrected chi connectivity index (χ0v) is 11.3. The lowest BCUT2D eigenvalue weighted by atomic mass is 9.90. The van der Waals surface area contributed by atoms with Crippen LogP contribution in [0.25, 0.3) is 0 Å². The molecular weight excluding hydrogens is 240 g/mol. The normalized spacial score (nSPS) is 12.9. The van der Waals surface area contributed by atoms with Crippen LogP contribution < -0.4 is 10.5 Å². The standard InChI is InChI=1S/C10H20N4O2S/c1-8-9(6-12-14-8)17(15,16)13-7-10(2,3)4-5-11/h6,13H,4-5,7,11H2,1-3H3,(H,12,14). The third-order valence-corrected chi connectivity index (χ3v) is 4.15. The predicted octanol–water partition coefficient (Wildman–Crippen LogP) is 0.371. The molecule has 98 valence electrons. The maximum atomic E-state index is 12.0. The lowest BCUT2D eigenvalue weighted by molar-refractivity contribution is 0.340. The smallest absolute Gasteiger partial charge is 0.243 e. The Labute approximate surface area is 102 Å². The van der Waals surface area contributed by atoms with Crippen molar-refractivity contribution in [1.82, 2.24) is 14.9 Å². The second-order valence-corrected chi connectivity index (χ2v) is 6.62. The van der Waals surface area contributed by atoms with Gasteiger partial charge in [-0.15, -0.1) is 0 Å². The van der Waals surface area contributed by atoms with Crippen LogP contribution >= 0.6 is 0 Å². The summed E-state index contributed by atoms with van der Waals surface area (Å²) in [6, 6.07) is 0. The van der Waals surface area contributed by atoms with Gasteiger partial charge in [-0.05, 0) is 25.3 Å². The molecule has 0 aromatic carbocycles. The average Bonchev–Trinajstić information content (AvgIpc) is 2.63. The first-order valence-electron chi connectivity index (χ1n) is 5.48. The number of nitrogens with one attached hydrogen (secondary N) is 2. The molecule has 0 amide bonds. The van der Waals surface area contributed by atoms with Gasteiger partial charge >= 0.3 is 0 Å². The molecule has 0 radical (unpaired) electrons. The number of hydrogen-bond acceptors (Lipinski definition) is 4. The van der Waals surface area contributed by atoms with E-state index < -0.39 is 10.0 Å². The van der Waals surface area contributed by atoms with Gasteiger partial charge in [-0.2, -0.15) is 5.10 Å². The summed E-state index contributed by atoms with van der Waals surface area (Å²) in [5, 5.41) is 6.31. The van der Waals surface area contributed by atoms with Crippen LogP contribution in [-0.4, -0.2) is 31.7 Å². The summed E-state index contributed by atoms with van der Waals surface area (Å²) in [5.41, 5.74) is 5.86. The predicted molar refractivity (Wildman–Crippen MR) is 66.0 cm³/mol. The van der Waals surface area contributed by atoms with Gasteiger partial charge in [0.15, 0.2) is 0 Å². The van der Waals surface area contributed by atoms with Crippen LogP contribution in [0.15, 0.2) is 11.1 Å². The zero-order valence-electron chi connectivity index (χ0n) is 10.4. The van der Waals surface area contributed by atoms with Gasteiger partial charge < -0.3 is 5.73 Å². The minimum Gasteiger partial charge on any atom is -0.330 e. The van der Waals surface area contributed by atoms with Gasteiger partial charge in [-0.1, -0.05) is 13.8 Å². The number of aromatic nitrogens is 2. The molecule has 0 spiro atoms. The van der Waals surface area contributed by atoms with Crippen molar-refractivity contribution in [3.05, 3.63) is 11.9 Å². The lowest BCUT2D eigenvalue weighted by Crippen LogP contribution is -2.35. The Bertz CT molecular complexity index is 464. The van der Waals surface area contributed by atoms with E-state index in [0.29, 0.717) is 18.8 Å². The molecule has 0 fully saturated rings. The molecule has 1 aromatic rings. The summed E-state index contributed by atoms with van der Waals surface area (Å²) >= 11 is 0. The number of aryl methyl sites for hydroxylation is 1. The Balaban J connectivity index is 2.73. The molecule has 0 aliphatic heterocycles. The molecule has 0 aliphatic rings. The first-order valence-corrected chi connectivity index (χ1v) is 6.96. The van der Waals surface area contributed by atoms with Gasteiger partial charge in [0, 0.05) is 6.54 Å². The highest BCUT2D eigenvalue weighted by Gasteiger charge is 2.23. The van der Waals surface area contributed by atoms with E-state index in [1.54, 1.807) is 6.92 Å². The highest BCUT2D eigenvalue weighted by molar-refractivity contribution is 7.89. The zero-order chi connectivity index (χ0) is 13.1. The molecule has 17 heavy (non-hydrogen) atoms. The molecule has 1 rings (SSSR count). The van der Waals surface area contributed by atoms with Crippen LogP contribution in [0.3, 0.4) is 0 Å². The summed E-state index contributed by atoms with van der Waals surface area (Å²) in [4.78, 5) is 0.195. The Kier molecular flexibility index (Phi) is 4.29. The van der Waals surface area contributed by atoms with Gasteiger partial charge in [0.1, 0.15) is 4.90 Å². The van der Waals surface area contributed by atoms with Crippen LogP contribution in [0.4, 0.5) is 0 Å². The van der Waals surface area contributed by atoms with Crippen LogP contribution in [0, 0.1) is 12.3 Å². The minimum atomic E-state index is -3.48. The van der Waals surface area contributed by atoms with Crippen molar-refractivity contribution in [3.63, 3.8) is 0 Å². The molecule has 0 aliphatic carbocycles. The molecule has 0 unspecified atom stereocenters. The van der Waals surface area contributed by atoms with E-state index in [1.807, 2.05) is 13.8 Å². The number of sulfonamides is 1. The second-order valence-electron chi connectivity index (χ2n) is 4.89. The van der Waals surface area contributed by atoms with Gasteiger partial charge in [0.2, 0.25) is 10.0 Å². The van der Waals surface area contributed by atoms with Crippen molar-refractivity contribution in [2.75, 3.05) is 13.1 Å². The molecule has 0 bridgehead atoms. The Morgan fingerprint density at radius 1 is 1.53 bits per heavy atom. The van der Waals surface area contributed by atoms with Gasteiger partial charge in [-0.25, -0.2) is 13.1 Å². The number of rotatable bonds is 6. The first-order chi connectivity index (χ1) is 7.78. The SMILES string of the molecule is Cc1[nH]ncc1S(=O)(=O)NCC(C)(C)CCN. The summed E-state index contributed by atoms with van der Waals surface area (Å²) in [6.07, 6.45) is 2.08. The molecule has 1 heterocycles. The van der Waals surface area contributed by atoms with E-state index in [-0.39, 0.29) is 10.3 Å². The van der Waals surface area contributed by atoms with Crippen molar-refractivity contribution in [3.8, 4) is 0 Å². The van der Waals surface area contributed by atoms with Crippen molar-refractivity contribution in [1.29, 1.82) is 0 Å². The second kappa shape index (κ2) is 5.16. The molecule has 0 saturated carbocycles. The lowest BCUT2D eigenvalue weighted by Gasteiger charge is -2.23. The third kappa shape index (κ3) is 3.79. The maximum Gasteiger partial charge on any atom is 0.243 e. The van der Waals surface area contributed by atoms with Crippen LogP contribution in [0.2, 0.25) is 0 Å². The molecule has 1 aromatic heterocycles. The third-order valence-electron chi connectivity index (χ3n) is 2.64. The maximum absolute atomic E-state index is 12.0. The monoisotopic (exact) mass is 260 g/mol. The molecule has 0 saturated heterocycles. The minimum absolute atomic E-state index is 0.153. The Morgan fingerprint density at radius 2 is 2.18 bits per heavy atom. The largest absolute Gasteiger partial charge is 0.330 e. The summed E-state index contributed by atoms with van der Waals surface area (Å²) in [7, 11) is -3.48. The average molecular weight is 260 g/mol. The van der Waals surface area contributed by atoms with Crippen molar-refractivity contribution >= 4 is 10.0 Å². The highest BCUT2D eigenvalue weighted by Crippen LogP contribution is 2.19. The fraction of sp³-hybridized carbons (Fsp3) is 0.700. The quantitative estimate of drug-likeness (QED) is 0.688. The number of hydrogen-bond donors (Lipinski definition) is 3. The van der Waals surface area contributed by atoms with E-state index in [9.17, 15) is 8.42 Å². The van der Waals surface area contributed by atoms with Gasteiger partial charge in [0.05, 0.1) is 11.9 Å². The van der Waals surface area contributed by atoms with Crippen LogP contribution in [0.1, 0.15) is 26.0 Å². The van der Waals surface area contributed by atoms with Gasteiger partial charge in [0.25, 0.3) is 0 Å². The van der Waals surface area contributed by atoms with Crippen molar-refractivity contribution < 1.29 is 8.42 Å². The fourth-order valence-corrected chi connectivity index (χ4v) is 2.83. The molecular formula is C10H20N4O2S. The molecule has 4 N–H and O–H groups in total. The van der Waals surface area contributed by atoms with Crippen molar-refractivity contribution in [2.24, 2.45) is 11.1 Å². The van der Waals surface area contributed by atoms with E-state index in [2.05, 4.69) is 14.9 Å². The Hall–Kier alpha value is -0.920. The highest BCUT2D eigenvalue weighted by atomic mass is 32.2. The van der Waals surface area contributed by atoms with E-state index >= 15 is 0 Å². The van der Waals surface area contributed by atoms with Crippen LogP contribution in [-0.2, 0) is 10.0 Å². The molecule has 6 nitrogen and oxygen atoms in total. The molecule has 7 heteroatoms. The fourth-order valence-electron chi connectivity index (χ4n) is 1.46. The van der Waals surface area contributed by atoms with Gasteiger partial charge in [-0.3, -0.25) is 5.10 Å². The summed E-state index contributed by atoms with van der Waals surface area (Å²) in [5.74, 6) is 0. The van der Waals surface area contributed by atoms with E-state index in [0.717, 1.165) is 6.42 Å². The molecule has 0 atom stereocenters. The summed E-state index contributed by atoms with van der Waals surface area (Å²) < 4.78 is 26.5. The van der Waals surface area contributed by atoms with E-state index in [4.69, 9.17) is 5.73 Å². The number of nitrogens with two attached hydrogens (primary N) is 1. The first kappa shape index (κ1) is 14.1. The van der Waals surface area contributed by atoms with E-state index in [1.165, 1.54) is 6.20 Å². The number of nitrogens with zero attached hydrogens (tertiary/aromatic N) is 1. The van der Waals surface area contributed by atoms with Crippen LogP contribution in [0.5, 0.6) is 0 Å².